The summed E-state index contributed by atoms with van der Waals surface area (Å²) in [6, 6.07) is 5.23. The summed E-state index contributed by atoms with van der Waals surface area (Å²) in [4.78, 5) is 3.95. The number of thiophene rings is 1. The maximum absolute atomic E-state index is 6.11. The van der Waals surface area contributed by atoms with Crippen molar-refractivity contribution in [1.82, 2.24) is 4.90 Å². The molecule has 0 saturated heterocycles. The van der Waals surface area contributed by atoms with Crippen LogP contribution in [0.1, 0.15) is 39.0 Å². The molecule has 17 heavy (non-hydrogen) atoms. The number of hydrogen-bond donors (Lipinski definition) is 1. The Morgan fingerprint density at radius 3 is 2.47 bits per heavy atom. The fourth-order valence-corrected chi connectivity index (χ4v) is 2.50. The zero-order chi connectivity index (χ0) is 12.8. The first-order valence-electron chi connectivity index (χ1n) is 6.52. The van der Waals surface area contributed by atoms with E-state index in [1.807, 2.05) is 11.3 Å². The molecule has 1 atom stereocenters. The summed E-state index contributed by atoms with van der Waals surface area (Å²) in [7, 11) is 0. The minimum atomic E-state index is 0.319. The van der Waals surface area contributed by atoms with Crippen molar-refractivity contribution in [2.75, 3.05) is 6.54 Å². The van der Waals surface area contributed by atoms with Gasteiger partial charge in [0.2, 0.25) is 0 Å². The van der Waals surface area contributed by atoms with Crippen molar-refractivity contribution in [2.45, 2.75) is 52.7 Å². The van der Waals surface area contributed by atoms with Crippen LogP contribution < -0.4 is 5.73 Å². The third kappa shape index (κ3) is 5.19. The van der Waals surface area contributed by atoms with E-state index in [2.05, 4.69) is 50.1 Å². The van der Waals surface area contributed by atoms with E-state index in [1.165, 1.54) is 4.88 Å². The Balaban J connectivity index is 2.44. The highest BCUT2D eigenvalue weighted by Crippen LogP contribution is 2.15. The molecular formula is C14H26N2S. The summed E-state index contributed by atoms with van der Waals surface area (Å²) in [5.74, 6) is 0.575. The van der Waals surface area contributed by atoms with E-state index in [-0.39, 0.29) is 0 Å². The van der Waals surface area contributed by atoms with Crippen molar-refractivity contribution in [3.05, 3.63) is 22.4 Å². The maximum Gasteiger partial charge on any atom is 0.0330 e. The first-order valence-corrected chi connectivity index (χ1v) is 7.40. The average molecular weight is 254 g/mol. The lowest BCUT2D eigenvalue weighted by atomic mass is 10.0. The third-order valence-corrected chi connectivity index (χ3v) is 4.14. The van der Waals surface area contributed by atoms with Gasteiger partial charge in [0.1, 0.15) is 0 Å². The minimum Gasteiger partial charge on any atom is -0.327 e. The maximum atomic E-state index is 6.11. The minimum absolute atomic E-state index is 0.319. The van der Waals surface area contributed by atoms with E-state index in [9.17, 15) is 0 Å². The van der Waals surface area contributed by atoms with Crippen LogP contribution in [0, 0.1) is 5.92 Å². The Morgan fingerprint density at radius 2 is 2.00 bits per heavy atom. The largest absolute Gasteiger partial charge is 0.327 e. The fraction of sp³-hybridized carbons (Fsp3) is 0.714. The molecule has 1 unspecified atom stereocenters. The molecule has 98 valence electrons. The van der Waals surface area contributed by atoms with Crippen LogP contribution in [0.2, 0.25) is 0 Å². The molecule has 3 heteroatoms. The molecule has 1 rings (SSSR count). The third-order valence-electron chi connectivity index (χ3n) is 3.28. The lowest BCUT2D eigenvalue weighted by Crippen LogP contribution is -2.36. The van der Waals surface area contributed by atoms with Crippen LogP contribution in [0.25, 0.3) is 0 Å². The van der Waals surface area contributed by atoms with Gasteiger partial charge in [-0.3, -0.25) is 4.90 Å². The van der Waals surface area contributed by atoms with Crippen LogP contribution in [0.5, 0.6) is 0 Å². The molecule has 2 nitrogen and oxygen atoms in total. The topological polar surface area (TPSA) is 29.3 Å². The van der Waals surface area contributed by atoms with Gasteiger partial charge in [-0.2, -0.15) is 0 Å². The molecule has 0 amide bonds. The predicted molar refractivity (Wildman–Crippen MR) is 77.3 cm³/mol. The Hall–Kier alpha value is -0.380. The highest BCUT2D eigenvalue weighted by molar-refractivity contribution is 7.09. The first kappa shape index (κ1) is 14.7. The van der Waals surface area contributed by atoms with Crippen molar-refractivity contribution < 1.29 is 0 Å². The summed E-state index contributed by atoms with van der Waals surface area (Å²) in [6.45, 7) is 11.1. The molecule has 2 N–H and O–H groups in total. The second-order valence-electron chi connectivity index (χ2n) is 5.34. The van der Waals surface area contributed by atoms with Gasteiger partial charge < -0.3 is 5.73 Å². The highest BCUT2D eigenvalue weighted by Gasteiger charge is 2.14. The standard InChI is InChI=1S/C14H26N2S/c1-11(2)14(15)7-8-16(12(3)4)10-13-6-5-9-17-13/h5-6,9,11-12,14H,7-8,10,15H2,1-4H3. The normalized spacial score (nSPS) is 13.9. The molecule has 1 aromatic heterocycles. The van der Waals surface area contributed by atoms with Gasteiger partial charge in [-0.15, -0.1) is 11.3 Å². The summed E-state index contributed by atoms with van der Waals surface area (Å²) in [5.41, 5.74) is 6.11. The number of nitrogens with zero attached hydrogens (tertiary/aromatic N) is 1. The van der Waals surface area contributed by atoms with Crippen LogP contribution in [0.15, 0.2) is 17.5 Å². The van der Waals surface area contributed by atoms with Crippen LogP contribution in [0.4, 0.5) is 0 Å². The second kappa shape index (κ2) is 7.14. The Morgan fingerprint density at radius 1 is 1.29 bits per heavy atom. The van der Waals surface area contributed by atoms with E-state index in [0.29, 0.717) is 18.0 Å². The Kier molecular flexibility index (Phi) is 6.17. The van der Waals surface area contributed by atoms with E-state index < -0.39 is 0 Å². The van der Waals surface area contributed by atoms with Crippen LogP contribution in [-0.2, 0) is 6.54 Å². The summed E-state index contributed by atoms with van der Waals surface area (Å²) >= 11 is 1.84. The van der Waals surface area contributed by atoms with Gasteiger partial charge in [0.15, 0.2) is 0 Å². The highest BCUT2D eigenvalue weighted by atomic mass is 32.1. The van der Waals surface area contributed by atoms with E-state index in [1.54, 1.807) is 0 Å². The molecule has 0 saturated carbocycles. The van der Waals surface area contributed by atoms with E-state index in [4.69, 9.17) is 5.73 Å². The average Bonchev–Trinajstić information content (AvgIpc) is 2.75. The van der Waals surface area contributed by atoms with Crippen molar-refractivity contribution in [3.8, 4) is 0 Å². The molecule has 0 spiro atoms. The monoisotopic (exact) mass is 254 g/mol. The van der Waals surface area contributed by atoms with Crippen molar-refractivity contribution in [1.29, 1.82) is 0 Å². The predicted octanol–water partition coefficient (Wildman–Crippen LogP) is 3.33. The van der Waals surface area contributed by atoms with E-state index >= 15 is 0 Å². The van der Waals surface area contributed by atoms with Crippen molar-refractivity contribution in [2.24, 2.45) is 11.7 Å². The summed E-state index contributed by atoms with van der Waals surface area (Å²) in [5, 5.41) is 2.15. The first-order chi connectivity index (χ1) is 8.00. The summed E-state index contributed by atoms with van der Waals surface area (Å²) < 4.78 is 0. The van der Waals surface area contributed by atoms with Gasteiger partial charge >= 0.3 is 0 Å². The molecule has 0 bridgehead atoms. The smallest absolute Gasteiger partial charge is 0.0330 e. The fourth-order valence-electron chi connectivity index (χ4n) is 1.77. The van der Waals surface area contributed by atoms with Crippen LogP contribution >= 0.6 is 11.3 Å². The van der Waals surface area contributed by atoms with Gasteiger partial charge in [-0.05, 0) is 37.6 Å². The molecule has 0 aliphatic heterocycles. The van der Waals surface area contributed by atoms with Gasteiger partial charge in [0.05, 0.1) is 0 Å². The zero-order valence-corrected chi connectivity index (χ0v) is 12.3. The molecule has 0 radical (unpaired) electrons. The summed E-state index contributed by atoms with van der Waals surface area (Å²) in [6.07, 6.45) is 1.08. The van der Waals surface area contributed by atoms with E-state index in [0.717, 1.165) is 19.5 Å². The quantitative estimate of drug-likeness (QED) is 0.808. The van der Waals surface area contributed by atoms with Gasteiger partial charge in [0.25, 0.3) is 0 Å². The molecule has 0 fully saturated rings. The second-order valence-corrected chi connectivity index (χ2v) is 6.37. The number of nitrogens with two attached hydrogens (primary N) is 1. The van der Waals surface area contributed by atoms with Gasteiger partial charge in [-0.1, -0.05) is 19.9 Å². The van der Waals surface area contributed by atoms with Crippen molar-refractivity contribution in [3.63, 3.8) is 0 Å². The molecule has 1 aromatic rings. The van der Waals surface area contributed by atoms with Gasteiger partial charge in [0, 0.05) is 30.1 Å². The van der Waals surface area contributed by atoms with Crippen LogP contribution in [0.3, 0.4) is 0 Å². The SMILES string of the molecule is CC(C)C(N)CCN(Cc1cccs1)C(C)C. The molecule has 0 aliphatic carbocycles. The van der Waals surface area contributed by atoms with Crippen LogP contribution in [-0.4, -0.2) is 23.5 Å². The number of rotatable bonds is 7. The molecule has 1 heterocycles. The molecular weight excluding hydrogens is 228 g/mol. The molecule has 0 aliphatic rings. The lowest BCUT2D eigenvalue weighted by molar-refractivity contribution is 0.201. The lowest BCUT2D eigenvalue weighted by Gasteiger charge is -2.28. The Labute approximate surface area is 110 Å². The number of hydrogen-bond acceptors (Lipinski definition) is 3. The Bertz CT molecular complexity index is 293. The van der Waals surface area contributed by atoms with Gasteiger partial charge in [-0.25, -0.2) is 0 Å². The molecule has 0 aromatic carbocycles. The zero-order valence-electron chi connectivity index (χ0n) is 11.5. The van der Waals surface area contributed by atoms with Crippen molar-refractivity contribution >= 4 is 11.3 Å².